The topological polar surface area (TPSA) is 116 Å². The molecule has 208 valence electrons. The molecule has 1 aliphatic heterocycles. The van der Waals surface area contributed by atoms with Crippen LogP contribution in [-0.2, 0) is 29.1 Å². The van der Waals surface area contributed by atoms with Crippen LogP contribution in [0.25, 0.3) is 0 Å². The summed E-state index contributed by atoms with van der Waals surface area (Å²) in [5.41, 5.74) is -1.12. The number of piperidine rings is 1. The summed E-state index contributed by atoms with van der Waals surface area (Å²) in [5.74, 6) is -1.01. The van der Waals surface area contributed by atoms with Crippen LogP contribution >= 0.6 is 27.5 Å². The second kappa shape index (κ2) is 12.2. The fourth-order valence-electron chi connectivity index (χ4n) is 4.32. The molecule has 0 radical (unpaired) electrons. The first-order chi connectivity index (χ1) is 17.7. The number of carbonyl (C=O) groups is 2. The molecule has 38 heavy (non-hydrogen) atoms. The second-order valence-electron chi connectivity index (χ2n) is 8.84. The van der Waals surface area contributed by atoms with Gasteiger partial charge in [0.15, 0.2) is 9.84 Å². The van der Waals surface area contributed by atoms with Gasteiger partial charge < -0.3 is 15.7 Å². The third-order valence-corrected chi connectivity index (χ3v) is 8.93. The molecular formula is C24H26BrClF3N3O5S. The van der Waals surface area contributed by atoms with Crippen molar-refractivity contribution in [3.8, 4) is 0 Å². The number of benzene rings is 2. The molecule has 2 aromatic carbocycles. The van der Waals surface area contributed by atoms with Crippen molar-refractivity contribution in [3.63, 3.8) is 0 Å². The Bertz CT molecular complexity index is 1320. The van der Waals surface area contributed by atoms with E-state index in [4.69, 9.17) is 16.7 Å². The Morgan fingerprint density at radius 1 is 1.24 bits per heavy atom. The maximum absolute atomic E-state index is 14.1. The van der Waals surface area contributed by atoms with Crippen molar-refractivity contribution in [3.05, 3.63) is 62.1 Å². The van der Waals surface area contributed by atoms with Crippen LogP contribution in [0.15, 0.2) is 39.7 Å². The summed E-state index contributed by atoms with van der Waals surface area (Å²) in [6.45, 7) is 1.85. The van der Waals surface area contributed by atoms with Crippen LogP contribution < -0.4 is 10.6 Å². The molecule has 0 bridgehead atoms. The number of carbonyl (C=O) groups excluding carboxylic acids is 1. The number of likely N-dealkylation sites (tertiary alicyclic amines) is 1. The molecule has 1 aliphatic rings. The highest BCUT2D eigenvalue weighted by Crippen LogP contribution is 2.37. The van der Waals surface area contributed by atoms with Gasteiger partial charge in [-0.15, -0.1) is 0 Å². The third kappa shape index (κ3) is 7.61. The molecule has 2 amide bonds. The molecule has 0 saturated carbocycles. The van der Waals surface area contributed by atoms with E-state index in [1.165, 1.54) is 31.2 Å². The maximum Gasteiger partial charge on any atom is 0.416 e. The van der Waals surface area contributed by atoms with Gasteiger partial charge in [0.05, 0.1) is 16.2 Å². The first-order valence-corrected chi connectivity index (χ1v) is 14.4. The number of hydrogen-bond donors (Lipinski definition) is 3. The molecule has 1 saturated heterocycles. The SMILES string of the molecule is CCS(=O)(=O)c1ccc(Cl)cc1CNC(=O)c1cc(Br)c(CN2CCC[C@@H](NC(=O)O)C2)c(C(F)(F)F)c1. The van der Waals surface area contributed by atoms with Crippen molar-refractivity contribution in [1.29, 1.82) is 0 Å². The third-order valence-electron chi connectivity index (χ3n) is 6.15. The van der Waals surface area contributed by atoms with Gasteiger partial charge in [-0.05, 0) is 60.8 Å². The average Bonchev–Trinajstić information content (AvgIpc) is 2.82. The number of halogens is 5. The summed E-state index contributed by atoms with van der Waals surface area (Å²) < 4.78 is 67.0. The Morgan fingerprint density at radius 2 is 1.95 bits per heavy atom. The van der Waals surface area contributed by atoms with Gasteiger partial charge >= 0.3 is 12.3 Å². The van der Waals surface area contributed by atoms with E-state index in [9.17, 15) is 31.2 Å². The lowest BCUT2D eigenvalue weighted by Crippen LogP contribution is -2.47. The van der Waals surface area contributed by atoms with E-state index >= 15 is 0 Å². The van der Waals surface area contributed by atoms with Gasteiger partial charge in [-0.2, -0.15) is 13.2 Å². The Balaban J connectivity index is 1.85. The molecule has 8 nitrogen and oxygen atoms in total. The molecular weight excluding hydrogens is 615 g/mol. The van der Waals surface area contributed by atoms with E-state index in [0.717, 1.165) is 6.07 Å². The predicted molar refractivity (Wildman–Crippen MR) is 139 cm³/mol. The number of rotatable bonds is 8. The number of carboxylic acid groups (broad SMARTS) is 1. The number of nitrogens with one attached hydrogen (secondary N) is 2. The highest BCUT2D eigenvalue weighted by molar-refractivity contribution is 9.10. The largest absolute Gasteiger partial charge is 0.465 e. The first-order valence-electron chi connectivity index (χ1n) is 11.6. The van der Waals surface area contributed by atoms with Crippen molar-refractivity contribution < 1.29 is 36.3 Å². The van der Waals surface area contributed by atoms with E-state index in [1.807, 2.05) is 0 Å². The standard InChI is InChI=1S/C24H26BrClF3N3O5S/c1-2-38(36,37)21-6-5-16(26)8-15(21)11-30-22(33)14-9-19(24(27,28)29)18(20(25)10-14)13-32-7-3-4-17(12-32)31-23(34)35/h5-6,8-10,17,31H,2-4,7,11-13H2,1H3,(H,30,33)(H,34,35)/t17-/m1/s1. The van der Waals surface area contributed by atoms with Crippen LogP contribution in [0, 0.1) is 0 Å². The van der Waals surface area contributed by atoms with Crippen molar-refractivity contribution in [2.75, 3.05) is 18.8 Å². The number of sulfone groups is 1. The quantitative estimate of drug-likeness (QED) is 0.371. The van der Waals surface area contributed by atoms with Crippen molar-refractivity contribution >= 4 is 49.4 Å². The number of nitrogens with zero attached hydrogens (tertiary/aromatic N) is 1. The highest BCUT2D eigenvalue weighted by Gasteiger charge is 2.36. The van der Waals surface area contributed by atoms with Crippen LogP contribution in [0.1, 0.15) is 46.8 Å². The predicted octanol–water partition coefficient (Wildman–Crippen LogP) is 5.08. The molecule has 14 heteroatoms. The van der Waals surface area contributed by atoms with Gasteiger partial charge in [0, 0.05) is 40.7 Å². The van der Waals surface area contributed by atoms with Crippen LogP contribution in [0.4, 0.5) is 18.0 Å². The van der Waals surface area contributed by atoms with Crippen LogP contribution in [-0.4, -0.2) is 55.3 Å². The molecule has 0 aromatic heterocycles. The fraction of sp³-hybridized carbons (Fsp3) is 0.417. The number of hydrogen-bond acceptors (Lipinski definition) is 5. The van der Waals surface area contributed by atoms with Gasteiger partial charge in [0.2, 0.25) is 0 Å². The number of amides is 2. The van der Waals surface area contributed by atoms with Crippen LogP contribution in [0.5, 0.6) is 0 Å². The van der Waals surface area contributed by atoms with E-state index in [0.29, 0.717) is 19.4 Å². The summed E-state index contributed by atoms with van der Waals surface area (Å²) in [4.78, 5) is 25.5. The lowest BCUT2D eigenvalue weighted by atomic mass is 10.00. The molecule has 3 rings (SSSR count). The summed E-state index contributed by atoms with van der Waals surface area (Å²) >= 11 is 9.17. The molecule has 1 atom stereocenters. The van der Waals surface area contributed by atoms with E-state index < -0.39 is 39.6 Å². The molecule has 3 N–H and O–H groups in total. The van der Waals surface area contributed by atoms with Gasteiger partial charge in [0.1, 0.15) is 0 Å². The highest BCUT2D eigenvalue weighted by atomic mass is 79.9. The lowest BCUT2D eigenvalue weighted by Gasteiger charge is -2.33. The summed E-state index contributed by atoms with van der Waals surface area (Å²) in [6.07, 6.45) is -4.76. The van der Waals surface area contributed by atoms with Crippen molar-refractivity contribution in [2.24, 2.45) is 0 Å². The summed E-state index contributed by atoms with van der Waals surface area (Å²) in [5, 5.41) is 14.1. The van der Waals surface area contributed by atoms with E-state index in [2.05, 4.69) is 26.6 Å². The minimum Gasteiger partial charge on any atom is -0.465 e. The zero-order chi connectivity index (χ0) is 28.3. The van der Waals surface area contributed by atoms with Gasteiger partial charge in [-0.25, -0.2) is 13.2 Å². The monoisotopic (exact) mass is 639 g/mol. The molecule has 1 heterocycles. The van der Waals surface area contributed by atoms with Crippen LogP contribution in [0.2, 0.25) is 5.02 Å². The minimum atomic E-state index is -4.77. The van der Waals surface area contributed by atoms with Crippen LogP contribution in [0.3, 0.4) is 0 Å². The van der Waals surface area contributed by atoms with Crippen molar-refractivity contribution in [2.45, 2.75) is 50.0 Å². The fourth-order valence-corrected chi connectivity index (χ4v) is 6.22. The smallest absolute Gasteiger partial charge is 0.416 e. The molecule has 2 aromatic rings. The Kier molecular flexibility index (Phi) is 9.71. The Hall–Kier alpha value is -2.35. The lowest BCUT2D eigenvalue weighted by molar-refractivity contribution is -0.138. The Morgan fingerprint density at radius 3 is 2.58 bits per heavy atom. The van der Waals surface area contributed by atoms with Crippen molar-refractivity contribution in [1.82, 2.24) is 15.5 Å². The number of alkyl halides is 3. The molecule has 1 fully saturated rings. The normalized spacial score (nSPS) is 16.7. The molecule has 0 spiro atoms. The molecule has 0 aliphatic carbocycles. The first kappa shape index (κ1) is 30.2. The van der Waals surface area contributed by atoms with Gasteiger partial charge in [-0.1, -0.05) is 34.5 Å². The average molecular weight is 641 g/mol. The van der Waals surface area contributed by atoms with Gasteiger partial charge in [-0.3, -0.25) is 9.69 Å². The zero-order valence-electron chi connectivity index (χ0n) is 20.2. The van der Waals surface area contributed by atoms with E-state index in [-0.39, 0.29) is 56.5 Å². The maximum atomic E-state index is 14.1. The Labute approximate surface area is 231 Å². The minimum absolute atomic E-state index is 0.0190. The molecule has 0 unspecified atom stereocenters. The summed E-state index contributed by atoms with van der Waals surface area (Å²) in [7, 11) is -3.63. The zero-order valence-corrected chi connectivity index (χ0v) is 23.4. The van der Waals surface area contributed by atoms with E-state index in [1.54, 1.807) is 4.90 Å². The van der Waals surface area contributed by atoms with Gasteiger partial charge in [0.25, 0.3) is 5.91 Å². The summed E-state index contributed by atoms with van der Waals surface area (Å²) in [6, 6.07) is 5.76. The second-order valence-corrected chi connectivity index (χ2v) is 12.4.